The predicted octanol–water partition coefficient (Wildman–Crippen LogP) is 3.63. The molecule has 1 heterocycles. The molecule has 0 radical (unpaired) electrons. The van der Waals surface area contributed by atoms with E-state index in [1.807, 2.05) is 41.5 Å². The predicted molar refractivity (Wildman–Crippen MR) is 193 cm³/mol. The summed E-state index contributed by atoms with van der Waals surface area (Å²) in [6.07, 6.45) is 4.86. The summed E-state index contributed by atoms with van der Waals surface area (Å²) in [6, 6.07) is 6.45. The van der Waals surface area contributed by atoms with Gasteiger partial charge in [0.1, 0.15) is 12.0 Å². The molecule has 2 aliphatic rings. The van der Waals surface area contributed by atoms with Crippen LogP contribution in [0.4, 0.5) is 10.5 Å². The van der Waals surface area contributed by atoms with Crippen molar-refractivity contribution >= 4 is 47.2 Å². The smallest absolute Gasteiger partial charge is 0.312 e. The minimum Gasteiger partial charge on any atom is -0.461 e. The van der Waals surface area contributed by atoms with Crippen LogP contribution >= 0.6 is 0 Å². The van der Waals surface area contributed by atoms with Crippen LogP contribution in [0.2, 0.25) is 0 Å². The van der Waals surface area contributed by atoms with Crippen molar-refractivity contribution in [2.75, 3.05) is 31.5 Å². The highest BCUT2D eigenvalue weighted by atomic mass is 16.5. The molecular weight excluding hydrogens is 656 g/mol. The Morgan fingerprint density at radius 3 is 2.06 bits per heavy atom. The maximum Gasteiger partial charge on any atom is 0.312 e. The van der Waals surface area contributed by atoms with E-state index in [9.17, 15) is 33.6 Å². The van der Waals surface area contributed by atoms with Gasteiger partial charge in [0.2, 0.25) is 29.5 Å². The number of ether oxygens (including phenoxy) is 1. The zero-order valence-corrected chi connectivity index (χ0v) is 31.1. The van der Waals surface area contributed by atoms with Crippen molar-refractivity contribution in [2.24, 2.45) is 34.8 Å². The van der Waals surface area contributed by atoms with Crippen LogP contribution in [-0.2, 0) is 40.1 Å². The molecule has 1 aromatic rings. The maximum absolute atomic E-state index is 13.0. The zero-order valence-electron chi connectivity index (χ0n) is 31.1. The van der Waals surface area contributed by atoms with Crippen LogP contribution in [0.5, 0.6) is 0 Å². The quantitative estimate of drug-likeness (QED) is 0.0656. The number of unbranched alkanes of at least 4 members (excludes halogenated alkanes) is 2. The zero-order chi connectivity index (χ0) is 38.1. The fourth-order valence-corrected chi connectivity index (χ4v) is 5.52. The number of rotatable bonds is 18. The first kappa shape index (κ1) is 42.7. The molecule has 0 aromatic heterocycles. The minimum absolute atomic E-state index is 0.0886. The number of primary amides is 1. The van der Waals surface area contributed by atoms with Gasteiger partial charge in [-0.05, 0) is 68.1 Å². The van der Waals surface area contributed by atoms with E-state index < -0.39 is 23.3 Å². The number of hydrogen-bond acceptors (Lipinski definition) is 8. The molecule has 1 saturated carbocycles. The van der Waals surface area contributed by atoms with E-state index in [1.165, 1.54) is 4.90 Å². The van der Waals surface area contributed by atoms with Gasteiger partial charge in [0, 0.05) is 37.7 Å². The van der Waals surface area contributed by atoms with Gasteiger partial charge in [-0.1, -0.05) is 60.1 Å². The highest BCUT2D eigenvalue weighted by molar-refractivity contribution is 6.07. The van der Waals surface area contributed by atoms with Crippen LogP contribution in [-0.4, -0.2) is 72.6 Å². The van der Waals surface area contributed by atoms with Gasteiger partial charge in [-0.25, -0.2) is 4.79 Å². The average molecular weight is 715 g/mol. The van der Waals surface area contributed by atoms with Crippen LogP contribution < -0.4 is 27.0 Å². The summed E-state index contributed by atoms with van der Waals surface area (Å²) in [6.45, 7) is 12.9. The van der Waals surface area contributed by atoms with Crippen LogP contribution in [0.3, 0.4) is 0 Å². The highest BCUT2D eigenvalue weighted by Crippen LogP contribution is 2.41. The summed E-state index contributed by atoms with van der Waals surface area (Å²) in [7, 11) is 0. The topological polar surface area (TPSA) is 206 Å². The molecule has 3 rings (SSSR count). The average Bonchev–Trinajstić information content (AvgIpc) is 3.35. The fraction of sp³-hybridized carbons (Fsp3) is 0.649. The molecule has 0 spiro atoms. The normalized spacial score (nSPS) is 16.8. The molecule has 284 valence electrons. The fourth-order valence-electron chi connectivity index (χ4n) is 5.52. The number of nitrogens with zero attached hydrogens (tertiary/aromatic N) is 1. The first-order valence-corrected chi connectivity index (χ1v) is 18.1. The molecule has 1 saturated heterocycles. The second kappa shape index (κ2) is 21.0. The summed E-state index contributed by atoms with van der Waals surface area (Å²) in [5.74, 6) is -1.77. The van der Waals surface area contributed by atoms with E-state index in [1.54, 1.807) is 24.3 Å². The Hall–Kier alpha value is -4.49. The van der Waals surface area contributed by atoms with Crippen molar-refractivity contribution in [3.8, 4) is 0 Å². The SMILES string of the molecule is CC(C)C(C)C(=O)OCc1ccc(NC(=O)CNC(=O)C2(C(=O)NCCCCCN3C(=O)CC(C(C)C)C3=O)CCC2)cc1.CCCNC(N)=O. The van der Waals surface area contributed by atoms with E-state index in [0.717, 1.165) is 24.8 Å². The number of amides is 7. The van der Waals surface area contributed by atoms with E-state index in [0.29, 0.717) is 51.0 Å². The summed E-state index contributed by atoms with van der Waals surface area (Å²) >= 11 is 0. The number of carbonyl (C=O) groups excluding carboxylic acids is 7. The summed E-state index contributed by atoms with van der Waals surface area (Å²) in [5.41, 5.74) is 4.87. The number of nitrogens with two attached hydrogens (primary N) is 1. The number of anilines is 1. The minimum atomic E-state index is -1.17. The Bertz CT molecular complexity index is 1360. The number of benzene rings is 1. The number of nitrogens with one attached hydrogen (secondary N) is 4. The first-order chi connectivity index (χ1) is 24.1. The van der Waals surface area contributed by atoms with Crippen LogP contribution in [0, 0.1) is 29.1 Å². The Labute approximate surface area is 301 Å². The van der Waals surface area contributed by atoms with Crippen molar-refractivity contribution in [3.05, 3.63) is 29.8 Å². The molecule has 2 unspecified atom stereocenters. The van der Waals surface area contributed by atoms with Gasteiger partial charge in [0.25, 0.3) is 0 Å². The molecule has 1 aliphatic heterocycles. The number of imide groups is 1. The number of carbonyl (C=O) groups is 7. The number of urea groups is 1. The molecular formula is C37H58N6O8. The lowest BCUT2D eigenvalue weighted by atomic mass is 9.67. The third kappa shape index (κ3) is 13.3. The standard InChI is InChI=1S/C33H48N4O7.C4H10N2O/c1-21(2)23(5)30(41)44-20-24-10-12-25(13-11-24)36-27(38)19-35-32(43)33(14-9-15-33)31(42)34-16-7-6-8-17-37-28(39)18-26(22(3)4)29(37)40;1-2-3-6-4(5)7/h10-13,21-23,26H,6-9,14-20H2,1-5H3,(H,34,42)(H,35,43)(H,36,38);2-3H2,1H3,(H3,5,6,7). The molecule has 1 aromatic carbocycles. The highest BCUT2D eigenvalue weighted by Gasteiger charge is 2.50. The van der Waals surface area contributed by atoms with E-state index in [-0.39, 0.29) is 66.9 Å². The third-order valence-corrected chi connectivity index (χ3v) is 9.45. The van der Waals surface area contributed by atoms with Gasteiger partial charge in [-0.3, -0.25) is 33.7 Å². The largest absolute Gasteiger partial charge is 0.461 e. The van der Waals surface area contributed by atoms with Crippen molar-refractivity contribution in [1.29, 1.82) is 0 Å². The molecule has 1 aliphatic carbocycles. The van der Waals surface area contributed by atoms with E-state index in [4.69, 9.17) is 10.5 Å². The molecule has 2 atom stereocenters. The molecule has 14 heteroatoms. The maximum atomic E-state index is 13.0. The lowest BCUT2D eigenvalue weighted by Gasteiger charge is -2.38. The van der Waals surface area contributed by atoms with E-state index in [2.05, 4.69) is 21.3 Å². The van der Waals surface area contributed by atoms with E-state index >= 15 is 0 Å². The van der Waals surface area contributed by atoms with Gasteiger partial charge in [0.15, 0.2) is 0 Å². The molecule has 0 bridgehead atoms. The third-order valence-electron chi connectivity index (χ3n) is 9.45. The Balaban J connectivity index is 0.00000116. The van der Waals surface area contributed by atoms with Crippen molar-refractivity contribution in [2.45, 2.75) is 99.5 Å². The lowest BCUT2D eigenvalue weighted by Crippen LogP contribution is -2.56. The molecule has 14 nitrogen and oxygen atoms in total. The van der Waals surface area contributed by atoms with Crippen molar-refractivity contribution in [1.82, 2.24) is 20.9 Å². The second-order valence-electron chi connectivity index (χ2n) is 14.0. The van der Waals surface area contributed by atoms with Crippen molar-refractivity contribution < 1.29 is 38.3 Å². The summed E-state index contributed by atoms with van der Waals surface area (Å²) in [4.78, 5) is 86.3. The lowest BCUT2D eigenvalue weighted by molar-refractivity contribution is -0.151. The Morgan fingerprint density at radius 1 is 0.902 bits per heavy atom. The van der Waals surface area contributed by atoms with Crippen LogP contribution in [0.1, 0.15) is 98.5 Å². The van der Waals surface area contributed by atoms with Crippen molar-refractivity contribution in [3.63, 3.8) is 0 Å². The van der Waals surface area contributed by atoms with Gasteiger partial charge in [0.05, 0.1) is 12.5 Å². The monoisotopic (exact) mass is 714 g/mol. The Morgan fingerprint density at radius 2 is 1.55 bits per heavy atom. The van der Waals surface area contributed by atoms with Crippen LogP contribution in [0.25, 0.3) is 0 Å². The second-order valence-corrected chi connectivity index (χ2v) is 14.0. The Kier molecular flexibility index (Phi) is 17.6. The summed E-state index contributed by atoms with van der Waals surface area (Å²) in [5, 5.41) is 10.6. The van der Waals surface area contributed by atoms with Gasteiger partial charge < -0.3 is 31.7 Å². The molecule has 7 amide bonds. The van der Waals surface area contributed by atoms with Crippen LogP contribution in [0.15, 0.2) is 24.3 Å². The van der Waals surface area contributed by atoms with Gasteiger partial charge in [-0.15, -0.1) is 0 Å². The number of hydrogen-bond donors (Lipinski definition) is 5. The number of likely N-dealkylation sites (tertiary alicyclic amines) is 1. The van der Waals surface area contributed by atoms with Gasteiger partial charge in [-0.2, -0.15) is 0 Å². The summed E-state index contributed by atoms with van der Waals surface area (Å²) < 4.78 is 5.35. The number of esters is 1. The molecule has 51 heavy (non-hydrogen) atoms. The first-order valence-electron chi connectivity index (χ1n) is 18.1. The molecule has 2 fully saturated rings. The molecule has 6 N–H and O–H groups in total. The van der Waals surface area contributed by atoms with Gasteiger partial charge >= 0.3 is 12.0 Å².